The van der Waals surface area contributed by atoms with Gasteiger partial charge in [-0.05, 0) is 39.6 Å². The molecule has 2 atom stereocenters. The van der Waals surface area contributed by atoms with E-state index in [0.29, 0.717) is 13.0 Å². The molecule has 7 heteroatoms. The lowest BCUT2D eigenvalue weighted by Crippen LogP contribution is -2.67. The normalized spacial score (nSPS) is 21.5. The summed E-state index contributed by atoms with van der Waals surface area (Å²) < 4.78 is 26.7. The van der Waals surface area contributed by atoms with Crippen molar-refractivity contribution in [2.24, 2.45) is 17.8 Å². The molecule has 0 saturated heterocycles. The van der Waals surface area contributed by atoms with Crippen molar-refractivity contribution < 1.29 is 23.5 Å². The third kappa shape index (κ3) is 4.99. The van der Waals surface area contributed by atoms with Crippen LogP contribution in [0, 0.1) is 17.8 Å². The van der Waals surface area contributed by atoms with E-state index in [4.69, 9.17) is 9.16 Å². The fourth-order valence-corrected chi connectivity index (χ4v) is 12.0. The SMILES string of the molecule is CC1CC1(CO[Si](c1ccccc1)(c1ccccc1)C(C)(C)C)OC(C(C)C)(C(C)C)P(=O)(O)O. The Morgan fingerprint density at radius 2 is 1.34 bits per heavy atom. The van der Waals surface area contributed by atoms with Crippen LogP contribution in [0.4, 0.5) is 0 Å². The summed E-state index contributed by atoms with van der Waals surface area (Å²) in [7, 11) is -7.38. The molecule has 2 unspecified atom stereocenters. The number of benzene rings is 2. The minimum atomic E-state index is -4.58. The average Bonchev–Trinajstić information content (AvgIpc) is 3.40. The second kappa shape index (κ2) is 9.89. The van der Waals surface area contributed by atoms with E-state index in [-0.39, 0.29) is 22.8 Å². The highest BCUT2D eigenvalue weighted by atomic mass is 31.2. The molecule has 1 aliphatic rings. The number of hydrogen-bond donors (Lipinski definition) is 2. The smallest absolute Gasteiger partial charge is 0.357 e. The first kappa shape index (κ1) is 28.3. The molecule has 3 rings (SSSR count). The van der Waals surface area contributed by atoms with Crippen LogP contribution in [0.1, 0.15) is 61.8 Å². The Morgan fingerprint density at radius 1 is 0.943 bits per heavy atom. The molecule has 0 aromatic heterocycles. The Kier molecular flexibility index (Phi) is 7.99. The lowest BCUT2D eigenvalue weighted by molar-refractivity contribution is -0.136. The molecular weight excluding hydrogens is 475 g/mol. The maximum atomic E-state index is 12.9. The fourth-order valence-electron chi connectivity index (χ4n) is 5.78. The molecule has 0 bridgehead atoms. The van der Waals surface area contributed by atoms with Gasteiger partial charge in [-0.2, -0.15) is 0 Å². The van der Waals surface area contributed by atoms with Gasteiger partial charge < -0.3 is 18.9 Å². The van der Waals surface area contributed by atoms with E-state index < -0.39 is 26.9 Å². The summed E-state index contributed by atoms with van der Waals surface area (Å²) in [6.07, 6.45) is 0.715. The van der Waals surface area contributed by atoms with Crippen molar-refractivity contribution >= 4 is 26.3 Å². The van der Waals surface area contributed by atoms with Crippen molar-refractivity contribution in [3.8, 4) is 0 Å². The molecule has 0 radical (unpaired) electrons. The molecule has 2 aromatic carbocycles. The van der Waals surface area contributed by atoms with Crippen LogP contribution >= 0.6 is 7.60 Å². The Hall–Kier alpha value is -1.27. The average molecular weight is 519 g/mol. The van der Waals surface area contributed by atoms with Gasteiger partial charge in [0.2, 0.25) is 0 Å². The molecule has 0 aliphatic heterocycles. The molecule has 1 aliphatic carbocycles. The maximum absolute atomic E-state index is 12.9. The summed E-state index contributed by atoms with van der Waals surface area (Å²) in [5, 5.41) is 0.602. The van der Waals surface area contributed by atoms with Crippen LogP contribution in [0.25, 0.3) is 0 Å². The first-order chi connectivity index (χ1) is 16.1. The van der Waals surface area contributed by atoms with Gasteiger partial charge >= 0.3 is 7.60 Å². The van der Waals surface area contributed by atoms with Gasteiger partial charge in [0.05, 0.1) is 12.2 Å². The fraction of sp³-hybridized carbons (Fsp3) is 0.571. The Labute approximate surface area is 212 Å². The number of hydrogen-bond acceptors (Lipinski definition) is 3. The topological polar surface area (TPSA) is 76.0 Å². The monoisotopic (exact) mass is 518 g/mol. The summed E-state index contributed by atoms with van der Waals surface area (Å²) in [5.41, 5.74) is -0.733. The zero-order chi connectivity index (χ0) is 26.3. The summed E-state index contributed by atoms with van der Waals surface area (Å²) >= 11 is 0. The summed E-state index contributed by atoms with van der Waals surface area (Å²) in [6, 6.07) is 20.8. The molecule has 0 spiro atoms. The van der Waals surface area contributed by atoms with Crippen molar-refractivity contribution in [3.63, 3.8) is 0 Å². The van der Waals surface area contributed by atoms with Crippen LogP contribution in [-0.4, -0.2) is 35.7 Å². The third-order valence-electron chi connectivity index (χ3n) is 7.82. The predicted molar refractivity (Wildman–Crippen MR) is 146 cm³/mol. The molecular formula is C28H43O5PSi. The molecule has 194 valence electrons. The summed E-state index contributed by atoms with van der Waals surface area (Å²) in [6.45, 7) is 16.4. The van der Waals surface area contributed by atoms with Crippen LogP contribution < -0.4 is 10.4 Å². The highest BCUT2D eigenvalue weighted by Crippen LogP contribution is 2.64. The van der Waals surface area contributed by atoms with Crippen LogP contribution in [0.15, 0.2) is 60.7 Å². The third-order valence-corrected chi connectivity index (χ3v) is 14.8. The van der Waals surface area contributed by atoms with Gasteiger partial charge in [-0.25, -0.2) is 0 Å². The van der Waals surface area contributed by atoms with E-state index >= 15 is 0 Å². The summed E-state index contributed by atoms with van der Waals surface area (Å²) in [5.74, 6) is -0.578. The minimum Gasteiger partial charge on any atom is -0.404 e. The molecule has 1 fully saturated rings. The highest BCUT2D eigenvalue weighted by Gasteiger charge is 2.64. The standard InChI is InChI=1S/C28H43O5PSi/c1-21(2)28(22(3)4,34(29,30)31)33-27(19-23(27)5)20-32-35(26(6,7)8,24-15-11-9-12-16-24)25-17-13-10-14-18-25/h9-18,21-23H,19-20H2,1-8H3,(H2,29,30,31). The number of rotatable bonds is 10. The van der Waals surface area contributed by atoms with Gasteiger partial charge in [0.1, 0.15) is 0 Å². The minimum absolute atomic E-state index is 0.143. The van der Waals surface area contributed by atoms with Gasteiger partial charge in [0.25, 0.3) is 8.32 Å². The van der Waals surface area contributed by atoms with Gasteiger partial charge in [-0.15, -0.1) is 0 Å². The first-order valence-corrected chi connectivity index (χ1v) is 16.2. The number of ether oxygens (including phenoxy) is 1. The molecule has 35 heavy (non-hydrogen) atoms. The predicted octanol–water partition coefficient (Wildman–Crippen LogP) is 5.54. The van der Waals surface area contributed by atoms with Crippen molar-refractivity contribution in [1.82, 2.24) is 0 Å². The van der Waals surface area contributed by atoms with Gasteiger partial charge in [0, 0.05) is 0 Å². The van der Waals surface area contributed by atoms with E-state index in [2.05, 4.69) is 76.2 Å². The van der Waals surface area contributed by atoms with Crippen molar-refractivity contribution in [2.45, 2.75) is 77.8 Å². The van der Waals surface area contributed by atoms with E-state index in [1.54, 1.807) is 0 Å². The molecule has 0 heterocycles. The highest BCUT2D eigenvalue weighted by molar-refractivity contribution is 7.53. The molecule has 2 N–H and O–H groups in total. The van der Waals surface area contributed by atoms with E-state index in [0.717, 1.165) is 0 Å². The van der Waals surface area contributed by atoms with Gasteiger partial charge in [0.15, 0.2) is 5.34 Å². The Morgan fingerprint density at radius 3 is 1.63 bits per heavy atom. The van der Waals surface area contributed by atoms with Crippen molar-refractivity contribution in [2.75, 3.05) is 6.61 Å². The largest absolute Gasteiger partial charge is 0.404 e. The Balaban J connectivity index is 2.09. The van der Waals surface area contributed by atoms with Crippen LogP contribution in [-0.2, 0) is 13.7 Å². The maximum Gasteiger partial charge on any atom is 0.357 e. The molecule has 0 amide bonds. The van der Waals surface area contributed by atoms with E-state index in [9.17, 15) is 14.4 Å². The lowest BCUT2D eigenvalue weighted by atomic mass is 9.94. The molecule has 1 saturated carbocycles. The zero-order valence-electron chi connectivity index (χ0n) is 22.5. The quantitative estimate of drug-likeness (QED) is 0.319. The van der Waals surface area contributed by atoms with E-state index in [1.165, 1.54) is 10.4 Å². The molecule has 5 nitrogen and oxygen atoms in total. The second-order valence-corrected chi connectivity index (χ2v) is 17.9. The second-order valence-electron chi connectivity index (χ2n) is 11.8. The van der Waals surface area contributed by atoms with Crippen LogP contribution in [0.5, 0.6) is 0 Å². The molecule has 2 aromatic rings. The lowest BCUT2D eigenvalue weighted by Gasteiger charge is -2.46. The first-order valence-electron chi connectivity index (χ1n) is 12.6. The Bertz CT molecular complexity index is 981. The van der Waals surface area contributed by atoms with Gasteiger partial charge in [-0.1, -0.05) is 116 Å². The zero-order valence-corrected chi connectivity index (χ0v) is 24.4. The van der Waals surface area contributed by atoms with Crippen LogP contribution in [0.3, 0.4) is 0 Å². The summed E-state index contributed by atoms with van der Waals surface area (Å²) in [4.78, 5) is 21.0. The van der Waals surface area contributed by atoms with E-state index in [1.807, 2.05) is 39.8 Å². The van der Waals surface area contributed by atoms with Gasteiger partial charge in [-0.3, -0.25) is 4.57 Å². The van der Waals surface area contributed by atoms with Crippen molar-refractivity contribution in [1.29, 1.82) is 0 Å². The van der Waals surface area contributed by atoms with Crippen molar-refractivity contribution in [3.05, 3.63) is 60.7 Å². The van der Waals surface area contributed by atoms with Crippen LogP contribution in [0.2, 0.25) is 5.04 Å².